The van der Waals surface area contributed by atoms with E-state index < -0.39 is 0 Å². The second-order valence-electron chi connectivity index (χ2n) is 4.12. The Hall–Kier alpha value is -1.65. The molecule has 1 aliphatic rings. The van der Waals surface area contributed by atoms with E-state index in [-0.39, 0.29) is 12.2 Å². The smallest absolute Gasteiger partial charge is 0.267 e. The van der Waals surface area contributed by atoms with Crippen molar-refractivity contribution < 1.29 is 14.4 Å². The zero-order chi connectivity index (χ0) is 12.6. The highest BCUT2D eigenvalue weighted by atomic mass is 16.8. The van der Waals surface area contributed by atoms with Crippen LogP contribution in [0.5, 0.6) is 0 Å². The summed E-state index contributed by atoms with van der Waals surface area (Å²) in [5.41, 5.74) is 3.35. The van der Waals surface area contributed by atoms with E-state index in [9.17, 15) is 4.79 Å². The molecule has 4 heteroatoms. The monoisotopic (exact) mass is 247 g/mol. The Balaban J connectivity index is 1.73. The molecule has 0 bridgehead atoms. The van der Waals surface area contributed by atoms with E-state index in [1.54, 1.807) is 6.08 Å². The van der Waals surface area contributed by atoms with Crippen molar-refractivity contribution in [3.05, 3.63) is 42.0 Å². The maximum absolute atomic E-state index is 11.5. The Labute approximate surface area is 107 Å². The lowest BCUT2D eigenvalue weighted by molar-refractivity contribution is -0.198. The molecule has 18 heavy (non-hydrogen) atoms. The molecule has 0 radical (unpaired) electrons. The van der Waals surface area contributed by atoms with Gasteiger partial charge in [0.25, 0.3) is 5.91 Å². The Morgan fingerprint density at radius 1 is 1.33 bits per heavy atom. The van der Waals surface area contributed by atoms with Crippen molar-refractivity contribution in [2.24, 2.45) is 0 Å². The lowest BCUT2D eigenvalue weighted by atomic mass is 10.2. The summed E-state index contributed by atoms with van der Waals surface area (Å²) in [7, 11) is 0. The fourth-order valence-electron chi connectivity index (χ4n) is 1.70. The molecule has 1 amide bonds. The van der Waals surface area contributed by atoms with Crippen LogP contribution in [0.4, 0.5) is 0 Å². The molecule has 0 aliphatic carbocycles. The van der Waals surface area contributed by atoms with E-state index >= 15 is 0 Å². The predicted octanol–water partition coefficient (Wildman–Crippen LogP) is 2.27. The summed E-state index contributed by atoms with van der Waals surface area (Å²) in [5, 5.41) is 0. The first kappa shape index (κ1) is 12.8. The Kier molecular flexibility index (Phi) is 4.93. The zero-order valence-electron chi connectivity index (χ0n) is 10.2. The third-order valence-electron chi connectivity index (χ3n) is 2.66. The van der Waals surface area contributed by atoms with Gasteiger partial charge in [-0.2, -0.15) is 0 Å². The van der Waals surface area contributed by atoms with Gasteiger partial charge in [-0.3, -0.25) is 4.79 Å². The van der Waals surface area contributed by atoms with Crippen molar-refractivity contribution in [3.63, 3.8) is 0 Å². The molecule has 1 fully saturated rings. The highest BCUT2D eigenvalue weighted by Crippen LogP contribution is 2.12. The molecule has 4 nitrogen and oxygen atoms in total. The highest BCUT2D eigenvalue weighted by Gasteiger charge is 2.14. The molecule has 0 aromatic heterocycles. The minimum Gasteiger partial charge on any atom is -0.350 e. The minimum absolute atomic E-state index is 0.284. The number of rotatable bonds is 4. The SMILES string of the molecule is O=C(/C=C/c1ccccc1)NOC1CCCCO1. The third kappa shape index (κ3) is 4.31. The molecule has 1 heterocycles. The number of carbonyl (C=O) groups is 1. The Bertz CT molecular complexity index is 397. The molecule has 2 rings (SSSR count). The standard InChI is InChI=1S/C14H17NO3/c16-13(10-9-12-6-2-1-3-7-12)15-18-14-8-4-5-11-17-14/h1-3,6-7,9-10,14H,4-5,8,11H2,(H,15,16)/b10-9+. The van der Waals surface area contributed by atoms with Crippen LogP contribution in [0.25, 0.3) is 6.08 Å². The fraction of sp³-hybridized carbons (Fsp3) is 0.357. The van der Waals surface area contributed by atoms with Crippen molar-refractivity contribution >= 4 is 12.0 Å². The highest BCUT2D eigenvalue weighted by molar-refractivity contribution is 5.90. The molecular formula is C14H17NO3. The maximum atomic E-state index is 11.5. The first-order valence-electron chi connectivity index (χ1n) is 6.15. The van der Waals surface area contributed by atoms with E-state index in [1.807, 2.05) is 30.3 Å². The quantitative estimate of drug-likeness (QED) is 0.656. The van der Waals surface area contributed by atoms with Crippen LogP contribution in [0.2, 0.25) is 0 Å². The number of nitrogens with one attached hydrogen (secondary N) is 1. The van der Waals surface area contributed by atoms with Crippen molar-refractivity contribution in [1.82, 2.24) is 5.48 Å². The summed E-state index contributed by atoms with van der Waals surface area (Å²) < 4.78 is 5.33. The van der Waals surface area contributed by atoms with Gasteiger partial charge < -0.3 is 4.74 Å². The number of amides is 1. The minimum atomic E-state index is -0.312. The average Bonchev–Trinajstić information content (AvgIpc) is 2.45. The second-order valence-corrected chi connectivity index (χ2v) is 4.12. The van der Waals surface area contributed by atoms with Gasteiger partial charge in [-0.05, 0) is 24.5 Å². The topological polar surface area (TPSA) is 47.6 Å². The Morgan fingerprint density at radius 3 is 2.89 bits per heavy atom. The maximum Gasteiger partial charge on any atom is 0.267 e. The molecule has 1 saturated heterocycles. The second kappa shape index (κ2) is 6.93. The zero-order valence-corrected chi connectivity index (χ0v) is 10.2. The van der Waals surface area contributed by atoms with Gasteiger partial charge in [-0.25, -0.2) is 10.3 Å². The molecule has 1 N–H and O–H groups in total. The molecule has 96 valence electrons. The van der Waals surface area contributed by atoms with Crippen LogP contribution in [0.15, 0.2) is 36.4 Å². The van der Waals surface area contributed by atoms with Crippen LogP contribution < -0.4 is 5.48 Å². The summed E-state index contributed by atoms with van der Waals surface area (Å²) in [6.07, 6.45) is 5.82. The van der Waals surface area contributed by atoms with Gasteiger partial charge in [0.15, 0.2) is 6.29 Å². The van der Waals surface area contributed by atoms with E-state index in [0.717, 1.165) is 24.8 Å². The molecule has 1 aromatic rings. The molecule has 1 aromatic carbocycles. The summed E-state index contributed by atoms with van der Waals surface area (Å²) in [6, 6.07) is 9.62. The molecule has 1 atom stereocenters. The van der Waals surface area contributed by atoms with E-state index in [0.29, 0.717) is 6.61 Å². The Morgan fingerprint density at radius 2 is 2.17 bits per heavy atom. The number of hydrogen-bond acceptors (Lipinski definition) is 3. The number of hydroxylamine groups is 1. The lowest BCUT2D eigenvalue weighted by Gasteiger charge is -2.21. The van der Waals surface area contributed by atoms with Crippen molar-refractivity contribution in [1.29, 1.82) is 0 Å². The molecule has 0 spiro atoms. The predicted molar refractivity (Wildman–Crippen MR) is 68.3 cm³/mol. The largest absolute Gasteiger partial charge is 0.350 e. The van der Waals surface area contributed by atoms with Gasteiger partial charge in [-0.15, -0.1) is 0 Å². The number of carbonyl (C=O) groups excluding carboxylic acids is 1. The van der Waals surface area contributed by atoms with Gasteiger partial charge in [0, 0.05) is 19.1 Å². The first-order valence-corrected chi connectivity index (χ1v) is 6.15. The summed E-state index contributed by atoms with van der Waals surface area (Å²) >= 11 is 0. The molecule has 1 aliphatic heterocycles. The molecule has 0 saturated carbocycles. The molecule has 1 unspecified atom stereocenters. The number of hydrogen-bond donors (Lipinski definition) is 1. The first-order chi connectivity index (χ1) is 8.84. The number of benzene rings is 1. The van der Waals surface area contributed by atoms with Crippen molar-refractivity contribution in [2.45, 2.75) is 25.6 Å². The van der Waals surface area contributed by atoms with Crippen LogP contribution >= 0.6 is 0 Å². The van der Waals surface area contributed by atoms with E-state index in [4.69, 9.17) is 9.57 Å². The van der Waals surface area contributed by atoms with Gasteiger partial charge in [0.05, 0.1) is 0 Å². The molecular weight excluding hydrogens is 230 g/mol. The van der Waals surface area contributed by atoms with Crippen molar-refractivity contribution in [3.8, 4) is 0 Å². The normalized spacial score (nSPS) is 19.9. The summed E-state index contributed by atoms with van der Waals surface area (Å²) in [6.45, 7) is 0.695. The number of ether oxygens (including phenoxy) is 1. The third-order valence-corrected chi connectivity index (χ3v) is 2.66. The average molecular weight is 247 g/mol. The van der Waals surface area contributed by atoms with Crippen LogP contribution in [0, 0.1) is 0 Å². The van der Waals surface area contributed by atoms with Crippen molar-refractivity contribution in [2.75, 3.05) is 6.61 Å². The summed E-state index contributed by atoms with van der Waals surface area (Å²) in [4.78, 5) is 16.6. The van der Waals surface area contributed by atoms with Gasteiger partial charge in [0.1, 0.15) is 0 Å². The van der Waals surface area contributed by atoms with Gasteiger partial charge in [-0.1, -0.05) is 30.3 Å². The van der Waals surface area contributed by atoms with Crippen LogP contribution in [-0.4, -0.2) is 18.8 Å². The van der Waals surface area contributed by atoms with E-state index in [2.05, 4.69) is 5.48 Å². The van der Waals surface area contributed by atoms with Gasteiger partial charge >= 0.3 is 0 Å². The van der Waals surface area contributed by atoms with E-state index in [1.165, 1.54) is 6.08 Å². The van der Waals surface area contributed by atoms with Gasteiger partial charge in [0.2, 0.25) is 0 Å². The lowest BCUT2D eigenvalue weighted by Crippen LogP contribution is -2.32. The van der Waals surface area contributed by atoms with Crippen LogP contribution in [0.1, 0.15) is 24.8 Å². The van der Waals surface area contributed by atoms with Crippen LogP contribution in [0.3, 0.4) is 0 Å². The van der Waals surface area contributed by atoms with Crippen LogP contribution in [-0.2, 0) is 14.4 Å². The fourth-order valence-corrected chi connectivity index (χ4v) is 1.70. The summed E-state index contributed by atoms with van der Waals surface area (Å²) in [5.74, 6) is -0.284.